The van der Waals surface area contributed by atoms with Gasteiger partial charge in [-0.2, -0.15) is 0 Å². The lowest BCUT2D eigenvalue weighted by Crippen LogP contribution is -2.37. The molecule has 0 saturated heterocycles. The van der Waals surface area contributed by atoms with Crippen LogP contribution >= 0.6 is 0 Å². The molecule has 1 heterocycles. The maximum Gasteiger partial charge on any atom is 0.254 e. The van der Waals surface area contributed by atoms with Crippen LogP contribution in [0.3, 0.4) is 0 Å². The molecule has 0 fully saturated rings. The molecular weight excluding hydrogens is 304 g/mol. The maximum atomic E-state index is 13.4. The van der Waals surface area contributed by atoms with Crippen molar-refractivity contribution in [3.05, 3.63) is 58.9 Å². The first-order chi connectivity index (χ1) is 10.9. The van der Waals surface area contributed by atoms with E-state index >= 15 is 0 Å². The molecule has 7 heteroatoms. The van der Waals surface area contributed by atoms with E-state index in [0.717, 1.165) is 23.5 Å². The van der Waals surface area contributed by atoms with Crippen LogP contribution in [0, 0.1) is 18.6 Å². The number of carbonyl (C=O) groups is 2. The summed E-state index contributed by atoms with van der Waals surface area (Å²) in [5, 5.41) is 4.95. The zero-order valence-corrected chi connectivity index (χ0v) is 12.8. The number of halogens is 2. The van der Waals surface area contributed by atoms with E-state index in [1.54, 1.807) is 0 Å². The number of hydrogen-bond donors (Lipinski definition) is 2. The molecule has 0 saturated carbocycles. The van der Waals surface area contributed by atoms with Crippen LogP contribution in [0.5, 0.6) is 0 Å². The molecule has 2 amide bonds. The fraction of sp³-hybridized carbons (Fsp3) is 0.250. The minimum atomic E-state index is -0.970. The number of nitrogens with one attached hydrogen (secondary N) is 2. The average molecular weight is 321 g/mol. The van der Waals surface area contributed by atoms with E-state index in [2.05, 4.69) is 10.6 Å². The molecule has 0 aliphatic rings. The zero-order valence-electron chi connectivity index (χ0n) is 12.8. The predicted octanol–water partition coefficient (Wildman–Crippen LogP) is 1.66. The van der Waals surface area contributed by atoms with Crippen LogP contribution in [-0.4, -0.2) is 22.9 Å². The van der Waals surface area contributed by atoms with Crippen LogP contribution in [-0.2, 0) is 18.4 Å². The van der Waals surface area contributed by atoms with Gasteiger partial charge in [-0.05, 0) is 31.2 Å². The van der Waals surface area contributed by atoms with E-state index in [1.807, 2.05) is 30.7 Å². The van der Waals surface area contributed by atoms with Crippen molar-refractivity contribution in [2.24, 2.45) is 7.05 Å². The molecule has 0 spiro atoms. The molecule has 0 radical (unpaired) electrons. The van der Waals surface area contributed by atoms with E-state index in [-0.39, 0.29) is 12.1 Å². The molecule has 2 N–H and O–H groups in total. The van der Waals surface area contributed by atoms with Gasteiger partial charge in [0, 0.05) is 24.5 Å². The monoisotopic (exact) mass is 321 g/mol. The third kappa shape index (κ3) is 4.15. The summed E-state index contributed by atoms with van der Waals surface area (Å²) in [6.07, 6.45) is 0. The Hall–Kier alpha value is -2.70. The summed E-state index contributed by atoms with van der Waals surface area (Å²) in [6, 6.07) is 6.45. The largest absolute Gasteiger partial charge is 0.350 e. The average Bonchev–Trinajstić information content (AvgIpc) is 2.82. The van der Waals surface area contributed by atoms with E-state index in [1.165, 1.54) is 0 Å². The van der Waals surface area contributed by atoms with Gasteiger partial charge in [-0.3, -0.25) is 9.59 Å². The summed E-state index contributed by atoms with van der Waals surface area (Å²) < 4.78 is 28.2. The highest BCUT2D eigenvalue weighted by atomic mass is 19.1. The van der Waals surface area contributed by atoms with Crippen LogP contribution in [0.2, 0.25) is 0 Å². The number of benzene rings is 1. The molecule has 0 aliphatic heterocycles. The zero-order chi connectivity index (χ0) is 17.0. The van der Waals surface area contributed by atoms with Gasteiger partial charge < -0.3 is 15.2 Å². The molecule has 5 nitrogen and oxygen atoms in total. The molecule has 0 bridgehead atoms. The van der Waals surface area contributed by atoms with E-state index in [0.29, 0.717) is 12.6 Å². The van der Waals surface area contributed by atoms with Crippen LogP contribution < -0.4 is 10.6 Å². The number of aromatic nitrogens is 1. The number of aryl methyl sites for hydroxylation is 1. The van der Waals surface area contributed by atoms with Crippen LogP contribution in [0.1, 0.15) is 21.7 Å². The molecule has 122 valence electrons. The summed E-state index contributed by atoms with van der Waals surface area (Å²) in [6.45, 7) is 1.98. The summed E-state index contributed by atoms with van der Waals surface area (Å²) in [5.74, 6) is -2.91. The lowest BCUT2D eigenvalue weighted by Gasteiger charge is -2.09. The van der Waals surface area contributed by atoms with Crippen molar-refractivity contribution in [2.75, 3.05) is 6.54 Å². The molecule has 1 aromatic heterocycles. The highest BCUT2D eigenvalue weighted by molar-refractivity contribution is 5.96. The second-order valence-electron chi connectivity index (χ2n) is 5.11. The minimum absolute atomic E-state index is 0.293. The van der Waals surface area contributed by atoms with Crippen LogP contribution in [0.15, 0.2) is 30.3 Å². The van der Waals surface area contributed by atoms with Gasteiger partial charge in [0.1, 0.15) is 11.6 Å². The topological polar surface area (TPSA) is 63.1 Å². The van der Waals surface area contributed by atoms with Gasteiger partial charge in [-0.15, -0.1) is 0 Å². The van der Waals surface area contributed by atoms with Gasteiger partial charge in [0.15, 0.2) is 0 Å². The maximum absolute atomic E-state index is 13.4. The predicted molar refractivity (Wildman–Crippen MR) is 80.7 cm³/mol. The Labute approximate surface area is 132 Å². The second-order valence-corrected chi connectivity index (χ2v) is 5.11. The Bertz CT molecular complexity index is 741. The summed E-state index contributed by atoms with van der Waals surface area (Å²) in [5.41, 5.74) is 1.68. The van der Waals surface area contributed by atoms with E-state index < -0.39 is 23.4 Å². The first kappa shape index (κ1) is 16.7. The third-order valence-corrected chi connectivity index (χ3v) is 3.53. The van der Waals surface area contributed by atoms with Gasteiger partial charge in [0.2, 0.25) is 5.91 Å². The van der Waals surface area contributed by atoms with Gasteiger partial charge >= 0.3 is 0 Å². The summed E-state index contributed by atoms with van der Waals surface area (Å²) in [4.78, 5) is 23.5. The van der Waals surface area contributed by atoms with Crippen LogP contribution in [0.25, 0.3) is 0 Å². The molecule has 0 unspecified atom stereocenters. The Morgan fingerprint density at radius 1 is 1.13 bits per heavy atom. The standard InChI is InChI=1S/C16H17F2N3O2/c1-10-3-5-12(21(10)2)8-19-15(22)9-20-16(23)13-6-4-11(17)7-14(13)18/h3-7H,8-9H2,1-2H3,(H,19,22)(H,20,23). The van der Waals surface area contributed by atoms with Crippen molar-refractivity contribution in [1.82, 2.24) is 15.2 Å². The molecule has 1 aromatic carbocycles. The van der Waals surface area contributed by atoms with Crippen molar-refractivity contribution in [3.8, 4) is 0 Å². The lowest BCUT2D eigenvalue weighted by atomic mass is 10.2. The SMILES string of the molecule is Cc1ccc(CNC(=O)CNC(=O)c2ccc(F)cc2F)n1C. The molecule has 0 atom stereocenters. The van der Waals surface area contributed by atoms with E-state index in [4.69, 9.17) is 0 Å². The molecular formula is C16H17F2N3O2. The van der Waals surface area contributed by atoms with Crippen molar-refractivity contribution >= 4 is 11.8 Å². The van der Waals surface area contributed by atoms with Gasteiger partial charge in [0.25, 0.3) is 5.91 Å². The normalized spacial score (nSPS) is 10.4. The van der Waals surface area contributed by atoms with Crippen LogP contribution in [0.4, 0.5) is 8.78 Å². The molecule has 0 aliphatic carbocycles. The van der Waals surface area contributed by atoms with Crippen molar-refractivity contribution < 1.29 is 18.4 Å². The minimum Gasteiger partial charge on any atom is -0.350 e. The Morgan fingerprint density at radius 2 is 1.87 bits per heavy atom. The fourth-order valence-electron chi connectivity index (χ4n) is 2.03. The Kier molecular flexibility index (Phi) is 5.10. The smallest absolute Gasteiger partial charge is 0.254 e. The Morgan fingerprint density at radius 3 is 2.48 bits per heavy atom. The third-order valence-electron chi connectivity index (χ3n) is 3.53. The highest BCUT2D eigenvalue weighted by Crippen LogP contribution is 2.09. The molecule has 2 aromatic rings. The van der Waals surface area contributed by atoms with Crippen molar-refractivity contribution in [3.63, 3.8) is 0 Å². The van der Waals surface area contributed by atoms with Gasteiger partial charge in [-0.1, -0.05) is 0 Å². The van der Waals surface area contributed by atoms with Gasteiger partial charge in [-0.25, -0.2) is 8.78 Å². The highest BCUT2D eigenvalue weighted by Gasteiger charge is 2.13. The summed E-state index contributed by atoms with van der Waals surface area (Å²) in [7, 11) is 1.88. The van der Waals surface area contributed by atoms with Crippen molar-refractivity contribution in [2.45, 2.75) is 13.5 Å². The number of nitrogens with zero attached hydrogens (tertiary/aromatic N) is 1. The fourth-order valence-corrected chi connectivity index (χ4v) is 2.03. The summed E-state index contributed by atoms with van der Waals surface area (Å²) >= 11 is 0. The van der Waals surface area contributed by atoms with Crippen molar-refractivity contribution in [1.29, 1.82) is 0 Å². The molecule has 23 heavy (non-hydrogen) atoms. The number of amides is 2. The lowest BCUT2D eigenvalue weighted by molar-refractivity contribution is -0.120. The number of hydrogen-bond acceptors (Lipinski definition) is 2. The second kappa shape index (κ2) is 7.04. The quantitative estimate of drug-likeness (QED) is 0.880. The number of rotatable bonds is 5. The molecule has 2 rings (SSSR count). The first-order valence-electron chi connectivity index (χ1n) is 6.99. The van der Waals surface area contributed by atoms with Gasteiger partial charge in [0.05, 0.1) is 18.7 Å². The first-order valence-corrected chi connectivity index (χ1v) is 6.99. The Balaban J connectivity index is 1.84. The number of carbonyl (C=O) groups excluding carboxylic acids is 2. The van der Waals surface area contributed by atoms with E-state index in [9.17, 15) is 18.4 Å².